The molecular weight excluding hydrogens is 142 g/mol. The van der Waals surface area contributed by atoms with Crippen molar-refractivity contribution in [1.82, 2.24) is 4.98 Å². The molecule has 0 amide bonds. The summed E-state index contributed by atoms with van der Waals surface area (Å²) < 4.78 is 5.28. The Labute approximate surface area is 64.0 Å². The molecule has 1 aliphatic heterocycles. The molecule has 0 fully saturated rings. The number of ether oxygens (including phenoxy) is 1. The fourth-order valence-electron chi connectivity index (χ4n) is 1.30. The van der Waals surface area contributed by atoms with E-state index in [4.69, 9.17) is 4.74 Å². The summed E-state index contributed by atoms with van der Waals surface area (Å²) in [5.74, 6) is 0.750. The molecule has 0 radical (unpaired) electrons. The van der Waals surface area contributed by atoms with Gasteiger partial charge in [0.2, 0.25) is 0 Å². The molecule has 0 bridgehead atoms. The van der Waals surface area contributed by atoms with Gasteiger partial charge in [-0.3, -0.25) is 4.79 Å². The normalized spacial score (nSPS) is 15.3. The first kappa shape index (κ1) is 6.46. The third-order valence-corrected chi connectivity index (χ3v) is 1.85. The van der Waals surface area contributed by atoms with Crippen LogP contribution < -0.4 is 10.3 Å². The Hall–Kier alpha value is -1.25. The van der Waals surface area contributed by atoms with Crippen LogP contribution in [-0.2, 0) is 6.42 Å². The fourth-order valence-corrected chi connectivity index (χ4v) is 1.30. The number of pyridine rings is 1. The SMILES string of the molecule is O=c1[nH]ccc2c1CCCO2. The molecule has 0 unspecified atom stereocenters. The number of aromatic amines is 1. The van der Waals surface area contributed by atoms with Crippen LogP contribution in [0.3, 0.4) is 0 Å². The molecule has 58 valence electrons. The van der Waals surface area contributed by atoms with Crippen molar-refractivity contribution < 1.29 is 4.74 Å². The van der Waals surface area contributed by atoms with Crippen molar-refractivity contribution in [3.8, 4) is 5.75 Å². The number of fused-ring (bicyclic) bond motifs is 1. The zero-order chi connectivity index (χ0) is 7.68. The zero-order valence-corrected chi connectivity index (χ0v) is 6.09. The van der Waals surface area contributed by atoms with E-state index in [1.165, 1.54) is 0 Å². The molecule has 1 aromatic heterocycles. The van der Waals surface area contributed by atoms with Gasteiger partial charge in [-0.2, -0.15) is 0 Å². The first-order valence-corrected chi connectivity index (χ1v) is 3.71. The molecule has 1 aliphatic rings. The second-order valence-corrected chi connectivity index (χ2v) is 2.60. The van der Waals surface area contributed by atoms with Crippen molar-refractivity contribution in [3.63, 3.8) is 0 Å². The summed E-state index contributed by atoms with van der Waals surface area (Å²) in [6.07, 6.45) is 3.40. The van der Waals surface area contributed by atoms with Gasteiger partial charge in [0, 0.05) is 6.20 Å². The van der Waals surface area contributed by atoms with E-state index < -0.39 is 0 Å². The van der Waals surface area contributed by atoms with Crippen molar-refractivity contribution in [2.45, 2.75) is 12.8 Å². The molecule has 0 saturated carbocycles. The Balaban J connectivity index is 2.58. The number of aromatic nitrogens is 1. The van der Waals surface area contributed by atoms with Gasteiger partial charge in [-0.15, -0.1) is 0 Å². The lowest BCUT2D eigenvalue weighted by molar-refractivity contribution is 0.287. The average molecular weight is 151 g/mol. The summed E-state index contributed by atoms with van der Waals surface area (Å²) in [5, 5.41) is 0. The van der Waals surface area contributed by atoms with E-state index in [1.807, 2.05) is 0 Å². The molecule has 0 aromatic carbocycles. The third-order valence-electron chi connectivity index (χ3n) is 1.85. The van der Waals surface area contributed by atoms with Crippen LogP contribution in [0.15, 0.2) is 17.1 Å². The van der Waals surface area contributed by atoms with Gasteiger partial charge in [-0.25, -0.2) is 0 Å². The van der Waals surface area contributed by atoms with Gasteiger partial charge in [0.15, 0.2) is 0 Å². The smallest absolute Gasteiger partial charge is 0.254 e. The Morgan fingerprint density at radius 3 is 3.27 bits per heavy atom. The predicted octanol–water partition coefficient (Wildman–Crippen LogP) is 0.700. The lowest BCUT2D eigenvalue weighted by Gasteiger charge is -2.14. The van der Waals surface area contributed by atoms with Crippen LogP contribution in [0.5, 0.6) is 5.75 Å². The maximum atomic E-state index is 11.1. The average Bonchev–Trinajstić information content (AvgIpc) is 2.06. The van der Waals surface area contributed by atoms with Gasteiger partial charge in [0.25, 0.3) is 5.56 Å². The molecular formula is C8H9NO2. The van der Waals surface area contributed by atoms with Crippen LogP contribution >= 0.6 is 0 Å². The number of hydrogen-bond acceptors (Lipinski definition) is 2. The van der Waals surface area contributed by atoms with Gasteiger partial charge in [-0.05, 0) is 18.9 Å². The lowest BCUT2D eigenvalue weighted by atomic mass is 10.1. The van der Waals surface area contributed by atoms with Crippen LogP contribution in [0.1, 0.15) is 12.0 Å². The van der Waals surface area contributed by atoms with Crippen LogP contribution in [0.4, 0.5) is 0 Å². The standard InChI is InChI=1S/C8H9NO2/c10-8-6-2-1-5-11-7(6)3-4-9-8/h3-4H,1-2,5H2,(H,9,10). The van der Waals surface area contributed by atoms with Crippen molar-refractivity contribution in [2.75, 3.05) is 6.61 Å². The van der Waals surface area contributed by atoms with Crippen molar-refractivity contribution in [2.24, 2.45) is 0 Å². The summed E-state index contributed by atoms with van der Waals surface area (Å²) in [5.41, 5.74) is 0.779. The molecule has 0 spiro atoms. The number of rotatable bonds is 0. The highest BCUT2D eigenvalue weighted by Gasteiger charge is 2.11. The molecule has 0 aliphatic carbocycles. The molecule has 0 atom stereocenters. The van der Waals surface area contributed by atoms with E-state index >= 15 is 0 Å². The Morgan fingerprint density at radius 1 is 1.55 bits per heavy atom. The minimum absolute atomic E-state index is 0.0119. The van der Waals surface area contributed by atoms with Crippen LogP contribution in [-0.4, -0.2) is 11.6 Å². The lowest BCUT2D eigenvalue weighted by Crippen LogP contribution is -2.19. The third kappa shape index (κ3) is 1.02. The van der Waals surface area contributed by atoms with E-state index in [2.05, 4.69) is 4.98 Å². The summed E-state index contributed by atoms with van der Waals surface area (Å²) >= 11 is 0. The highest BCUT2D eigenvalue weighted by Crippen LogP contribution is 2.19. The monoisotopic (exact) mass is 151 g/mol. The number of H-pyrrole nitrogens is 1. The fraction of sp³-hybridized carbons (Fsp3) is 0.375. The highest BCUT2D eigenvalue weighted by atomic mass is 16.5. The zero-order valence-electron chi connectivity index (χ0n) is 6.09. The van der Waals surface area contributed by atoms with Crippen molar-refractivity contribution >= 4 is 0 Å². The Bertz CT molecular complexity index is 316. The quantitative estimate of drug-likeness (QED) is 0.593. The second-order valence-electron chi connectivity index (χ2n) is 2.60. The summed E-state index contributed by atoms with van der Waals surface area (Å²) in [4.78, 5) is 13.8. The highest BCUT2D eigenvalue weighted by molar-refractivity contribution is 5.31. The minimum Gasteiger partial charge on any atom is -0.493 e. The summed E-state index contributed by atoms with van der Waals surface area (Å²) in [6.45, 7) is 0.733. The van der Waals surface area contributed by atoms with Crippen LogP contribution in [0.2, 0.25) is 0 Å². The van der Waals surface area contributed by atoms with E-state index in [0.717, 1.165) is 30.8 Å². The Kier molecular flexibility index (Phi) is 1.42. The first-order chi connectivity index (χ1) is 5.38. The van der Waals surface area contributed by atoms with E-state index in [9.17, 15) is 4.79 Å². The summed E-state index contributed by atoms with van der Waals surface area (Å²) in [7, 11) is 0. The van der Waals surface area contributed by atoms with Crippen LogP contribution in [0, 0.1) is 0 Å². The van der Waals surface area contributed by atoms with Gasteiger partial charge in [0.1, 0.15) is 5.75 Å². The molecule has 1 aromatic rings. The minimum atomic E-state index is -0.0119. The van der Waals surface area contributed by atoms with Gasteiger partial charge < -0.3 is 9.72 Å². The van der Waals surface area contributed by atoms with E-state index in [0.29, 0.717) is 0 Å². The van der Waals surface area contributed by atoms with Gasteiger partial charge in [-0.1, -0.05) is 0 Å². The van der Waals surface area contributed by atoms with E-state index in [1.54, 1.807) is 12.3 Å². The summed E-state index contributed by atoms with van der Waals surface area (Å²) in [6, 6.07) is 1.80. The largest absolute Gasteiger partial charge is 0.493 e. The molecule has 2 rings (SSSR count). The Morgan fingerprint density at radius 2 is 2.45 bits per heavy atom. The van der Waals surface area contributed by atoms with Gasteiger partial charge >= 0.3 is 0 Å². The maximum Gasteiger partial charge on any atom is 0.254 e. The van der Waals surface area contributed by atoms with Crippen LogP contribution in [0.25, 0.3) is 0 Å². The molecule has 0 saturated heterocycles. The molecule has 3 nitrogen and oxygen atoms in total. The first-order valence-electron chi connectivity index (χ1n) is 3.71. The molecule has 1 N–H and O–H groups in total. The number of hydrogen-bond donors (Lipinski definition) is 1. The maximum absolute atomic E-state index is 11.1. The predicted molar refractivity (Wildman–Crippen MR) is 40.9 cm³/mol. The van der Waals surface area contributed by atoms with E-state index in [-0.39, 0.29) is 5.56 Å². The topological polar surface area (TPSA) is 42.1 Å². The number of nitrogens with one attached hydrogen (secondary N) is 1. The molecule has 11 heavy (non-hydrogen) atoms. The van der Waals surface area contributed by atoms with Crippen molar-refractivity contribution in [1.29, 1.82) is 0 Å². The molecule has 2 heterocycles. The van der Waals surface area contributed by atoms with Gasteiger partial charge in [0.05, 0.1) is 12.2 Å². The van der Waals surface area contributed by atoms with Crippen molar-refractivity contribution in [3.05, 3.63) is 28.2 Å². The molecule has 3 heteroatoms. The second kappa shape index (κ2) is 2.42.